The summed E-state index contributed by atoms with van der Waals surface area (Å²) in [5.74, 6) is 0.997. The Hall–Kier alpha value is -3.43. The molecule has 0 fully saturated rings. The van der Waals surface area contributed by atoms with Gasteiger partial charge in [-0.05, 0) is 17.7 Å². The van der Waals surface area contributed by atoms with E-state index in [0.717, 1.165) is 60.3 Å². The highest BCUT2D eigenvalue weighted by molar-refractivity contribution is 6.09. The van der Waals surface area contributed by atoms with Gasteiger partial charge in [0.2, 0.25) is 0 Å². The first-order valence-corrected chi connectivity index (χ1v) is 11.1. The van der Waals surface area contributed by atoms with Crippen molar-refractivity contribution in [2.75, 3.05) is 26.8 Å². The number of allylic oxidation sites excluding steroid dienone is 1. The summed E-state index contributed by atoms with van der Waals surface area (Å²) in [7, 11) is 1.81. The fraction of sp³-hybridized carbons (Fsp3) is 0.375. The van der Waals surface area contributed by atoms with Crippen LogP contribution in [-0.2, 0) is 17.9 Å². The van der Waals surface area contributed by atoms with Gasteiger partial charge in [-0.15, -0.1) is 0 Å². The summed E-state index contributed by atoms with van der Waals surface area (Å²) < 4.78 is 1.91. The molecule has 0 spiro atoms. The monoisotopic (exact) mass is 450 g/mol. The number of nitrogens with zero attached hydrogens (tertiary/aromatic N) is 7. The molecule has 2 aromatic heterocycles. The van der Waals surface area contributed by atoms with Crippen molar-refractivity contribution in [1.29, 1.82) is 0 Å². The highest BCUT2D eigenvalue weighted by atomic mass is 16.1. The van der Waals surface area contributed by atoms with Crippen LogP contribution in [0.15, 0.2) is 54.5 Å². The first kappa shape index (κ1) is 25.8. The molecule has 0 unspecified atom stereocenters. The van der Waals surface area contributed by atoms with Gasteiger partial charge in [-0.25, -0.2) is 9.67 Å². The Labute approximate surface area is 195 Å². The summed E-state index contributed by atoms with van der Waals surface area (Å²) in [6, 6.07) is 10.0. The van der Waals surface area contributed by atoms with E-state index < -0.39 is 0 Å². The summed E-state index contributed by atoms with van der Waals surface area (Å²) in [5, 5.41) is 11.0. The number of hydrogen-bond acceptors (Lipinski definition) is 8. The minimum atomic E-state index is 0.375. The summed E-state index contributed by atoms with van der Waals surface area (Å²) in [6.45, 7) is 11.8. The Balaban J connectivity index is 0.000000227. The van der Waals surface area contributed by atoms with Gasteiger partial charge in [0.15, 0.2) is 0 Å². The average molecular weight is 451 g/mol. The van der Waals surface area contributed by atoms with Crippen LogP contribution in [0.25, 0.3) is 16.5 Å². The van der Waals surface area contributed by atoms with E-state index >= 15 is 0 Å². The van der Waals surface area contributed by atoms with E-state index in [2.05, 4.69) is 37.7 Å². The average Bonchev–Trinajstić information content (AvgIpc) is 3.35. The van der Waals surface area contributed by atoms with Gasteiger partial charge in [-0.1, -0.05) is 38.6 Å². The predicted octanol–water partition coefficient (Wildman–Crippen LogP) is 2.79. The Morgan fingerprint density at radius 2 is 2.06 bits per heavy atom. The molecule has 0 bridgehead atoms. The maximum Gasteiger partial charge on any atom is 0.141 e. The lowest BCUT2D eigenvalue weighted by molar-refractivity contribution is -0.108. The summed E-state index contributed by atoms with van der Waals surface area (Å²) >= 11 is 0. The topological polar surface area (TPSA) is 106 Å². The summed E-state index contributed by atoms with van der Waals surface area (Å²) in [5.41, 5.74) is 8.19. The van der Waals surface area contributed by atoms with Crippen LogP contribution in [0.1, 0.15) is 31.7 Å². The highest BCUT2D eigenvalue weighted by Crippen LogP contribution is 2.17. The fourth-order valence-electron chi connectivity index (χ4n) is 3.08. The van der Waals surface area contributed by atoms with E-state index in [-0.39, 0.29) is 0 Å². The first-order chi connectivity index (χ1) is 16.1. The maximum absolute atomic E-state index is 10.2. The van der Waals surface area contributed by atoms with Gasteiger partial charge in [0.25, 0.3) is 0 Å². The molecule has 0 atom stereocenters. The highest BCUT2D eigenvalue weighted by Gasteiger charge is 2.16. The van der Waals surface area contributed by atoms with E-state index in [1.807, 2.05) is 49.8 Å². The zero-order chi connectivity index (χ0) is 24.1. The van der Waals surface area contributed by atoms with Crippen molar-refractivity contribution in [3.05, 3.63) is 60.8 Å². The smallest absolute Gasteiger partial charge is 0.141 e. The summed E-state index contributed by atoms with van der Waals surface area (Å²) in [4.78, 5) is 20.9. The number of rotatable bonds is 7. The van der Waals surface area contributed by atoms with Gasteiger partial charge in [-0.3, -0.25) is 14.9 Å². The molecule has 9 heteroatoms. The second-order valence-corrected chi connectivity index (χ2v) is 7.16. The maximum atomic E-state index is 10.2. The van der Waals surface area contributed by atoms with E-state index in [1.165, 1.54) is 0 Å². The van der Waals surface area contributed by atoms with Gasteiger partial charge >= 0.3 is 0 Å². The third-order valence-electron chi connectivity index (χ3n) is 4.89. The van der Waals surface area contributed by atoms with Crippen molar-refractivity contribution in [3.63, 3.8) is 0 Å². The molecule has 33 heavy (non-hydrogen) atoms. The van der Waals surface area contributed by atoms with Crippen molar-refractivity contribution in [2.45, 2.75) is 33.4 Å². The molecule has 0 aliphatic carbocycles. The van der Waals surface area contributed by atoms with Crippen LogP contribution in [0.3, 0.4) is 0 Å². The lowest BCUT2D eigenvalue weighted by atomic mass is 10.1. The molecule has 4 rings (SSSR count). The minimum Gasteiger partial charge on any atom is -0.313 e. The van der Waals surface area contributed by atoms with Gasteiger partial charge < -0.3 is 10.5 Å². The molecule has 1 aliphatic rings. The van der Waals surface area contributed by atoms with Crippen LogP contribution >= 0.6 is 0 Å². The number of pyridine rings is 1. The number of hydrazone groups is 1. The largest absolute Gasteiger partial charge is 0.313 e. The van der Waals surface area contributed by atoms with Gasteiger partial charge in [0.1, 0.15) is 18.4 Å². The zero-order valence-corrected chi connectivity index (χ0v) is 19.8. The Morgan fingerprint density at radius 3 is 2.82 bits per heavy atom. The minimum absolute atomic E-state index is 0.375. The van der Waals surface area contributed by atoms with E-state index in [4.69, 9.17) is 5.73 Å². The van der Waals surface area contributed by atoms with Crippen molar-refractivity contribution >= 4 is 29.0 Å². The number of nitrogens with two attached hydrogens (primary N) is 1. The molecule has 1 aliphatic heterocycles. The van der Waals surface area contributed by atoms with Crippen LogP contribution in [0.5, 0.6) is 0 Å². The third kappa shape index (κ3) is 7.89. The second kappa shape index (κ2) is 13.9. The Morgan fingerprint density at radius 1 is 1.27 bits per heavy atom. The standard InChI is InChI=1S/C14H16N4.C8H12N4O.C2H6/c1-11(8-17-18(2)10-15)13-7-12-5-3-4-6-14(12)16-9-13;13-5-1-2-11-3-4-12-8(6-11)9-7-10-12;1-2/h3-9H,1,10,15H2,2H3;5,7H,1-4,6H2;1-2H3/b17-8-;;. The summed E-state index contributed by atoms with van der Waals surface area (Å²) in [6.07, 6.45) is 6.64. The molecule has 1 aromatic carbocycles. The molecule has 176 valence electrons. The number of para-hydroxylation sites is 1. The number of carbonyl (C=O) groups is 1. The first-order valence-electron chi connectivity index (χ1n) is 11.1. The fourth-order valence-corrected chi connectivity index (χ4v) is 3.08. The van der Waals surface area contributed by atoms with Gasteiger partial charge in [-0.2, -0.15) is 10.2 Å². The second-order valence-electron chi connectivity index (χ2n) is 7.16. The van der Waals surface area contributed by atoms with Crippen LogP contribution in [0.4, 0.5) is 0 Å². The number of carbonyl (C=O) groups excluding carboxylic acids is 1. The molecule has 3 aromatic rings. The molecule has 0 radical (unpaired) electrons. The number of benzene rings is 1. The van der Waals surface area contributed by atoms with E-state index in [0.29, 0.717) is 13.1 Å². The van der Waals surface area contributed by atoms with Crippen molar-refractivity contribution in [1.82, 2.24) is 29.7 Å². The van der Waals surface area contributed by atoms with Gasteiger partial charge in [0.05, 0.1) is 31.5 Å². The lowest BCUT2D eigenvalue weighted by Crippen LogP contribution is -2.35. The molecule has 2 N–H and O–H groups in total. The normalized spacial score (nSPS) is 12.8. The molecular formula is C24H34N8O. The van der Waals surface area contributed by atoms with Crippen LogP contribution in [-0.4, -0.2) is 69.0 Å². The van der Waals surface area contributed by atoms with E-state index in [9.17, 15) is 4.79 Å². The molecule has 0 saturated carbocycles. The number of fused-ring (bicyclic) bond motifs is 2. The van der Waals surface area contributed by atoms with Crippen molar-refractivity contribution < 1.29 is 4.79 Å². The Bertz CT molecular complexity index is 1050. The molecule has 9 nitrogen and oxygen atoms in total. The molecule has 0 amide bonds. The van der Waals surface area contributed by atoms with Crippen molar-refractivity contribution in [2.24, 2.45) is 10.8 Å². The molecule has 0 saturated heterocycles. The van der Waals surface area contributed by atoms with Crippen LogP contribution < -0.4 is 5.73 Å². The quantitative estimate of drug-likeness (QED) is 0.255. The third-order valence-corrected chi connectivity index (χ3v) is 4.89. The lowest BCUT2D eigenvalue weighted by Gasteiger charge is -2.25. The number of aldehydes is 1. The van der Waals surface area contributed by atoms with Crippen LogP contribution in [0, 0.1) is 0 Å². The van der Waals surface area contributed by atoms with Crippen LogP contribution in [0.2, 0.25) is 0 Å². The van der Waals surface area contributed by atoms with Crippen molar-refractivity contribution in [3.8, 4) is 0 Å². The van der Waals surface area contributed by atoms with E-state index in [1.54, 1.807) is 23.7 Å². The Kier molecular flexibility index (Phi) is 10.9. The number of aromatic nitrogens is 4. The zero-order valence-electron chi connectivity index (χ0n) is 19.8. The predicted molar refractivity (Wildman–Crippen MR) is 133 cm³/mol. The molecule has 3 heterocycles. The molecular weight excluding hydrogens is 416 g/mol. The SMILES string of the molecule is C=C(/C=N\N(C)CN)c1cnc2ccccc2c1.CC.O=CCCN1CCn2ncnc2C1. The van der Waals surface area contributed by atoms with Gasteiger partial charge in [0, 0.05) is 43.7 Å². The number of hydrogen-bond donors (Lipinski definition) is 1.